The quantitative estimate of drug-likeness (QED) is 0.885. The Hall–Kier alpha value is -2.86. The Morgan fingerprint density at radius 1 is 1.19 bits per heavy atom. The van der Waals surface area contributed by atoms with Crippen LogP contribution in [0.2, 0.25) is 0 Å². The van der Waals surface area contributed by atoms with E-state index in [1.54, 1.807) is 6.07 Å². The van der Waals surface area contributed by atoms with Gasteiger partial charge in [-0.1, -0.05) is 42.5 Å². The molecular weight excluding hydrogens is 332 g/mol. The van der Waals surface area contributed by atoms with Gasteiger partial charge in [-0.2, -0.15) is 0 Å². The SMILES string of the molecule is Cc1cccc(NC(=O)[C@H]2C[C@@H](O)CN2C(=O)OCc2ccccc2)c1. The summed E-state index contributed by atoms with van der Waals surface area (Å²) in [5.41, 5.74) is 2.55. The molecule has 2 amide bonds. The topological polar surface area (TPSA) is 78.9 Å². The predicted octanol–water partition coefficient (Wildman–Crippen LogP) is 2.71. The lowest BCUT2D eigenvalue weighted by Crippen LogP contribution is -2.43. The van der Waals surface area contributed by atoms with Crippen LogP contribution < -0.4 is 5.32 Å². The van der Waals surface area contributed by atoms with Crippen molar-refractivity contribution < 1.29 is 19.4 Å². The standard InChI is InChI=1S/C20H22N2O4/c1-14-6-5-9-16(10-14)21-19(24)18-11-17(23)12-22(18)20(25)26-13-15-7-3-2-4-8-15/h2-10,17-18,23H,11-13H2,1H3,(H,21,24)/t17-,18-/m1/s1. The largest absolute Gasteiger partial charge is 0.445 e. The molecule has 6 nitrogen and oxygen atoms in total. The Morgan fingerprint density at radius 2 is 1.96 bits per heavy atom. The number of carbonyl (C=O) groups excluding carboxylic acids is 2. The summed E-state index contributed by atoms with van der Waals surface area (Å²) in [6.45, 7) is 2.14. The van der Waals surface area contributed by atoms with Crippen LogP contribution in [-0.2, 0) is 16.1 Å². The monoisotopic (exact) mass is 354 g/mol. The zero-order chi connectivity index (χ0) is 18.5. The molecule has 2 aromatic carbocycles. The van der Waals surface area contributed by atoms with Gasteiger partial charge in [0.1, 0.15) is 12.6 Å². The van der Waals surface area contributed by atoms with E-state index in [0.29, 0.717) is 5.69 Å². The number of aliphatic hydroxyl groups is 1. The normalized spacial score (nSPS) is 19.2. The van der Waals surface area contributed by atoms with Gasteiger partial charge in [0.05, 0.1) is 12.6 Å². The molecule has 0 aliphatic carbocycles. The van der Waals surface area contributed by atoms with Crippen molar-refractivity contribution >= 4 is 17.7 Å². The number of nitrogens with zero attached hydrogens (tertiary/aromatic N) is 1. The highest BCUT2D eigenvalue weighted by Crippen LogP contribution is 2.21. The molecule has 0 saturated carbocycles. The number of amides is 2. The first kappa shape index (κ1) is 17.9. The number of nitrogens with one attached hydrogen (secondary N) is 1. The van der Waals surface area contributed by atoms with E-state index >= 15 is 0 Å². The van der Waals surface area contributed by atoms with Gasteiger partial charge in [-0.15, -0.1) is 0 Å². The maximum absolute atomic E-state index is 12.6. The molecular formula is C20H22N2O4. The molecule has 136 valence electrons. The van der Waals surface area contributed by atoms with Crippen molar-refractivity contribution in [1.29, 1.82) is 0 Å². The number of benzene rings is 2. The number of β-amino-alcohol motifs (C(OH)–C–C–N with tert-alkyl or cyclic N) is 1. The Morgan fingerprint density at radius 3 is 2.69 bits per heavy atom. The molecule has 1 saturated heterocycles. The number of anilines is 1. The van der Waals surface area contributed by atoms with E-state index in [-0.39, 0.29) is 25.5 Å². The molecule has 2 atom stereocenters. The Labute approximate surface area is 152 Å². The van der Waals surface area contributed by atoms with E-state index in [4.69, 9.17) is 4.74 Å². The van der Waals surface area contributed by atoms with E-state index in [2.05, 4.69) is 5.32 Å². The number of aryl methyl sites for hydroxylation is 1. The molecule has 0 spiro atoms. The fourth-order valence-corrected chi connectivity index (χ4v) is 3.01. The minimum Gasteiger partial charge on any atom is -0.445 e. The molecule has 0 unspecified atom stereocenters. The van der Waals surface area contributed by atoms with Gasteiger partial charge < -0.3 is 15.2 Å². The van der Waals surface area contributed by atoms with Crippen molar-refractivity contribution in [1.82, 2.24) is 4.90 Å². The van der Waals surface area contributed by atoms with Gasteiger partial charge in [-0.3, -0.25) is 9.69 Å². The van der Waals surface area contributed by atoms with Crippen LogP contribution >= 0.6 is 0 Å². The van der Waals surface area contributed by atoms with Crippen molar-refractivity contribution in [3.63, 3.8) is 0 Å². The highest BCUT2D eigenvalue weighted by Gasteiger charge is 2.39. The van der Waals surface area contributed by atoms with E-state index in [1.807, 2.05) is 55.5 Å². The van der Waals surface area contributed by atoms with Gasteiger partial charge in [0.25, 0.3) is 0 Å². The number of hydrogen-bond donors (Lipinski definition) is 2. The number of hydrogen-bond acceptors (Lipinski definition) is 4. The first-order valence-electron chi connectivity index (χ1n) is 8.56. The first-order valence-corrected chi connectivity index (χ1v) is 8.56. The smallest absolute Gasteiger partial charge is 0.410 e. The second kappa shape index (κ2) is 8.01. The van der Waals surface area contributed by atoms with Crippen LogP contribution in [0.25, 0.3) is 0 Å². The lowest BCUT2D eigenvalue weighted by molar-refractivity contribution is -0.120. The van der Waals surface area contributed by atoms with Crippen LogP contribution in [0, 0.1) is 6.92 Å². The molecule has 1 heterocycles. The zero-order valence-corrected chi connectivity index (χ0v) is 14.6. The Bertz CT molecular complexity index is 778. The summed E-state index contributed by atoms with van der Waals surface area (Å²) < 4.78 is 5.31. The molecule has 1 aliphatic rings. The fraction of sp³-hybridized carbons (Fsp3) is 0.300. The highest BCUT2D eigenvalue weighted by molar-refractivity contribution is 5.97. The highest BCUT2D eigenvalue weighted by atomic mass is 16.6. The third-order valence-electron chi connectivity index (χ3n) is 4.31. The number of likely N-dealkylation sites (tertiary alicyclic amines) is 1. The third kappa shape index (κ3) is 4.40. The second-order valence-corrected chi connectivity index (χ2v) is 6.46. The van der Waals surface area contributed by atoms with Gasteiger partial charge in [0.15, 0.2) is 0 Å². The second-order valence-electron chi connectivity index (χ2n) is 6.46. The van der Waals surface area contributed by atoms with E-state index < -0.39 is 18.2 Å². The molecule has 0 aromatic heterocycles. The fourth-order valence-electron chi connectivity index (χ4n) is 3.01. The van der Waals surface area contributed by atoms with Gasteiger partial charge in [0, 0.05) is 12.1 Å². The van der Waals surface area contributed by atoms with Crippen LogP contribution in [0.5, 0.6) is 0 Å². The summed E-state index contributed by atoms with van der Waals surface area (Å²) in [4.78, 5) is 26.3. The van der Waals surface area contributed by atoms with Gasteiger partial charge in [0.2, 0.25) is 5.91 Å². The summed E-state index contributed by atoms with van der Waals surface area (Å²) in [7, 11) is 0. The minimum absolute atomic E-state index is 0.0829. The van der Waals surface area contributed by atoms with Crippen molar-refractivity contribution in [3.05, 3.63) is 65.7 Å². The molecule has 3 rings (SSSR count). The van der Waals surface area contributed by atoms with Crippen LogP contribution in [0.15, 0.2) is 54.6 Å². The predicted molar refractivity (Wildman–Crippen MR) is 97.6 cm³/mol. The van der Waals surface area contributed by atoms with Crippen LogP contribution in [0.1, 0.15) is 17.5 Å². The molecule has 26 heavy (non-hydrogen) atoms. The molecule has 1 aliphatic heterocycles. The molecule has 0 bridgehead atoms. The molecule has 6 heteroatoms. The molecule has 1 fully saturated rings. The maximum Gasteiger partial charge on any atom is 0.410 e. The van der Waals surface area contributed by atoms with Crippen LogP contribution in [0.3, 0.4) is 0 Å². The van der Waals surface area contributed by atoms with Crippen molar-refractivity contribution in [2.24, 2.45) is 0 Å². The van der Waals surface area contributed by atoms with E-state index in [1.165, 1.54) is 4.90 Å². The zero-order valence-electron chi connectivity index (χ0n) is 14.6. The minimum atomic E-state index is -0.756. The molecule has 2 N–H and O–H groups in total. The summed E-state index contributed by atoms with van der Waals surface area (Å²) in [5, 5.41) is 12.7. The van der Waals surface area contributed by atoms with E-state index in [9.17, 15) is 14.7 Å². The first-order chi connectivity index (χ1) is 12.5. The van der Waals surface area contributed by atoms with Gasteiger partial charge in [-0.25, -0.2) is 4.79 Å². The third-order valence-corrected chi connectivity index (χ3v) is 4.31. The average molecular weight is 354 g/mol. The van der Waals surface area contributed by atoms with Crippen LogP contribution in [0.4, 0.5) is 10.5 Å². The van der Waals surface area contributed by atoms with Crippen molar-refractivity contribution in [2.75, 3.05) is 11.9 Å². The molecule has 2 aromatic rings. The Kier molecular flexibility index (Phi) is 5.53. The number of ether oxygens (including phenoxy) is 1. The summed E-state index contributed by atoms with van der Waals surface area (Å²) in [6, 6.07) is 16.0. The van der Waals surface area contributed by atoms with Gasteiger partial charge in [-0.05, 0) is 30.2 Å². The maximum atomic E-state index is 12.6. The van der Waals surface area contributed by atoms with Crippen molar-refractivity contribution in [3.8, 4) is 0 Å². The lowest BCUT2D eigenvalue weighted by atomic mass is 10.1. The summed E-state index contributed by atoms with van der Waals surface area (Å²) in [5.74, 6) is -0.330. The van der Waals surface area contributed by atoms with E-state index in [0.717, 1.165) is 11.1 Å². The Balaban J connectivity index is 1.63. The average Bonchev–Trinajstić information content (AvgIpc) is 3.03. The molecule has 0 radical (unpaired) electrons. The lowest BCUT2D eigenvalue weighted by Gasteiger charge is -2.23. The summed E-state index contributed by atoms with van der Waals surface area (Å²) >= 11 is 0. The number of rotatable bonds is 4. The number of carbonyl (C=O) groups is 2. The summed E-state index contributed by atoms with van der Waals surface area (Å²) in [6.07, 6.45) is -1.15. The van der Waals surface area contributed by atoms with Crippen LogP contribution in [-0.4, -0.2) is 40.7 Å². The van der Waals surface area contributed by atoms with Crippen molar-refractivity contribution in [2.45, 2.75) is 32.1 Å². The van der Waals surface area contributed by atoms with Gasteiger partial charge >= 0.3 is 6.09 Å². The number of aliphatic hydroxyl groups excluding tert-OH is 1.